The summed E-state index contributed by atoms with van der Waals surface area (Å²) in [5.74, 6) is -0.383. The number of amides is 2. The van der Waals surface area contributed by atoms with Crippen LogP contribution in [0.5, 0.6) is 0 Å². The molecule has 1 aliphatic rings. The number of aromatic amines is 1. The number of aromatic nitrogens is 2. The summed E-state index contributed by atoms with van der Waals surface area (Å²) in [5.41, 5.74) is 2.13. The number of nitrogens with zero attached hydrogens (tertiary/aromatic N) is 2. The van der Waals surface area contributed by atoms with E-state index in [0.29, 0.717) is 18.8 Å². The predicted molar refractivity (Wildman–Crippen MR) is 67.8 cm³/mol. The topological polar surface area (TPSA) is 87.3 Å². The SMILES string of the molecule is CNC(=O)C1CN(C(=O)c2n[nH]c(C)c2C)CCO1. The van der Waals surface area contributed by atoms with E-state index in [4.69, 9.17) is 4.74 Å². The number of hydrogen-bond donors (Lipinski definition) is 2. The number of hydrogen-bond acceptors (Lipinski definition) is 4. The van der Waals surface area contributed by atoms with Crippen LogP contribution in [0.25, 0.3) is 0 Å². The van der Waals surface area contributed by atoms with E-state index in [2.05, 4.69) is 15.5 Å². The highest BCUT2D eigenvalue weighted by Gasteiger charge is 2.30. The molecule has 0 spiro atoms. The number of carbonyl (C=O) groups is 2. The van der Waals surface area contributed by atoms with Crippen molar-refractivity contribution < 1.29 is 14.3 Å². The Morgan fingerprint density at radius 3 is 2.79 bits per heavy atom. The number of rotatable bonds is 2. The molecule has 1 saturated heterocycles. The van der Waals surface area contributed by atoms with Crippen LogP contribution in [0.4, 0.5) is 0 Å². The Morgan fingerprint density at radius 2 is 2.21 bits per heavy atom. The average molecular weight is 266 g/mol. The van der Waals surface area contributed by atoms with Crippen molar-refractivity contribution in [2.75, 3.05) is 26.7 Å². The lowest BCUT2D eigenvalue weighted by atomic mass is 10.1. The lowest BCUT2D eigenvalue weighted by Crippen LogP contribution is -2.51. The van der Waals surface area contributed by atoms with E-state index in [1.165, 1.54) is 0 Å². The molecule has 1 aromatic rings. The van der Waals surface area contributed by atoms with E-state index in [1.54, 1.807) is 11.9 Å². The van der Waals surface area contributed by atoms with Gasteiger partial charge in [0.15, 0.2) is 11.8 Å². The van der Waals surface area contributed by atoms with Crippen molar-refractivity contribution in [2.45, 2.75) is 20.0 Å². The van der Waals surface area contributed by atoms with Gasteiger partial charge in [-0.1, -0.05) is 0 Å². The second-order valence-electron chi connectivity index (χ2n) is 4.55. The van der Waals surface area contributed by atoms with Crippen LogP contribution in [0.3, 0.4) is 0 Å². The van der Waals surface area contributed by atoms with Crippen LogP contribution in [-0.4, -0.2) is 59.8 Å². The van der Waals surface area contributed by atoms with Gasteiger partial charge in [-0.05, 0) is 13.8 Å². The van der Waals surface area contributed by atoms with Crippen LogP contribution in [0.2, 0.25) is 0 Å². The second kappa shape index (κ2) is 5.40. The first-order chi connectivity index (χ1) is 9.04. The fourth-order valence-corrected chi connectivity index (χ4v) is 2.00. The van der Waals surface area contributed by atoms with E-state index in [-0.39, 0.29) is 18.4 Å². The van der Waals surface area contributed by atoms with E-state index in [1.807, 2.05) is 13.8 Å². The Labute approximate surface area is 111 Å². The molecule has 1 aliphatic heterocycles. The van der Waals surface area contributed by atoms with E-state index < -0.39 is 6.10 Å². The second-order valence-corrected chi connectivity index (χ2v) is 4.55. The van der Waals surface area contributed by atoms with Gasteiger partial charge in [0.2, 0.25) is 0 Å². The van der Waals surface area contributed by atoms with Gasteiger partial charge in [0.1, 0.15) is 0 Å². The zero-order valence-electron chi connectivity index (χ0n) is 11.3. The third kappa shape index (κ3) is 2.60. The standard InChI is InChI=1S/C12H18N4O3/c1-7-8(2)14-15-10(7)12(18)16-4-5-19-9(6-16)11(17)13-3/h9H,4-6H2,1-3H3,(H,13,17)(H,14,15). The summed E-state index contributed by atoms with van der Waals surface area (Å²) in [6.45, 7) is 4.79. The average Bonchev–Trinajstić information content (AvgIpc) is 2.77. The van der Waals surface area contributed by atoms with Crippen LogP contribution in [0.15, 0.2) is 0 Å². The van der Waals surface area contributed by atoms with Crippen molar-refractivity contribution in [1.29, 1.82) is 0 Å². The molecular formula is C12H18N4O3. The number of ether oxygens (including phenoxy) is 1. The van der Waals surface area contributed by atoms with Crippen LogP contribution in [0, 0.1) is 13.8 Å². The van der Waals surface area contributed by atoms with Gasteiger partial charge in [0, 0.05) is 24.8 Å². The molecule has 19 heavy (non-hydrogen) atoms. The first-order valence-electron chi connectivity index (χ1n) is 6.18. The summed E-state index contributed by atoms with van der Waals surface area (Å²) < 4.78 is 5.35. The minimum Gasteiger partial charge on any atom is -0.365 e. The van der Waals surface area contributed by atoms with E-state index in [9.17, 15) is 9.59 Å². The minimum absolute atomic E-state index is 0.168. The van der Waals surface area contributed by atoms with Crippen LogP contribution in [-0.2, 0) is 9.53 Å². The number of H-pyrrole nitrogens is 1. The van der Waals surface area contributed by atoms with Crippen molar-refractivity contribution >= 4 is 11.8 Å². The molecule has 2 heterocycles. The van der Waals surface area contributed by atoms with Gasteiger partial charge < -0.3 is 15.0 Å². The molecule has 2 amide bonds. The summed E-state index contributed by atoms with van der Waals surface area (Å²) in [7, 11) is 1.55. The van der Waals surface area contributed by atoms with Gasteiger partial charge in [-0.2, -0.15) is 5.10 Å². The molecule has 0 radical (unpaired) electrons. The van der Waals surface area contributed by atoms with Crippen molar-refractivity contribution in [2.24, 2.45) is 0 Å². The van der Waals surface area contributed by atoms with Crippen LogP contribution < -0.4 is 5.32 Å². The van der Waals surface area contributed by atoms with Crippen LogP contribution >= 0.6 is 0 Å². The highest BCUT2D eigenvalue weighted by molar-refractivity contribution is 5.94. The maximum Gasteiger partial charge on any atom is 0.274 e. The minimum atomic E-state index is -0.608. The number of carbonyl (C=O) groups excluding carboxylic acids is 2. The van der Waals surface area contributed by atoms with E-state index in [0.717, 1.165) is 11.3 Å². The Bertz CT molecular complexity index is 497. The van der Waals surface area contributed by atoms with Gasteiger partial charge in [-0.25, -0.2) is 0 Å². The lowest BCUT2D eigenvalue weighted by molar-refractivity contribution is -0.136. The smallest absolute Gasteiger partial charge is 0.274 e. The molecule has 0 aliphatic carbocycles. The summed E-state index contributed by atoms with van der Waals surface area (Å²) in [6, 6.07) is 0. The zero-order valence-corrected chi connectivity index (χ0v) is 11.3. The van der Waals surface area contributed by atoms with Gasteiger partial charge in [-0.3, -0.25) is 14.7 Å². The Morgan fingerprint density at radius 1 is 1.47 bits per heavy atom. The van der Waals surface area contributed by atoms with Gasteiger partial charge in [0.05, 0.1) is 13.2 Å². The summed E-state index contributed by atoms with van der Waals surface area (Å²) in [4.78, 5) is 25.5. The zero-order chi connectivity index (χ0) is 14.0. The normalized spacial score (nSPS) is 19.3. The van der Waals surface area contributed by atoms with Crippen molar-refractivity contribution in [1.82, 2.24) is 20.4 Å². The summed E-state index contributed by atoms with van der Waals surface area (Å²) in [5, 5.41) is 9.34. The first-order valence-corrected chi connectivity index (χ1v) is 6.18. The maximum absolute atomic E-state index is 12.3. The Hall–Kier alpha value is -1.89. The Balaban J connectivity index is 2.11. The van der Waals surface area contributed by atoms with Crippen molar-refractivity contribution in [3.05, 3.63) is 17.0 Å². The number of aryl methyl sites for hydroxylation is 1. The summed E-state index contributed by atoms with van der Waals surface area (Å²) >= 11 is 0. The largest absolute Gasteiger partial charge is 0.365 e. The van der Waals surface area contributed by atoms with E-state index >= 15 is 0 Å². The van der Waals surface area contributed by atoms with Gasteiger partial charge in [-0.15, -0.1) is 0 Å². The number of nitrogens with one attached hydrogen (secondary N) is 2. The van der Waals surface area contributed by atoms with Gasteiger partial charge in [0.25, 0.3) is 11.8 Å². The fraction of sp³-hybridized carbons (Fsp3) is 0.583. The Kier molecular flexibility index (Phi) is 3.84. The molecule has 104 valence electrons. The monoisotopic (exact) mass is 266 g/mol. The first kappa shape index (κ1) is 13.5. The molecule has 1 fully saturated rings. The molecule has 1 unspecified atom stereocenters. The third-order valence-corrected chi connectivity index (χ3v) is 3.35. The molecular weight excluding hydrogens is 248 g/mol. The molecule has 7 heteroatoms. The van der Waals surface area contributed by atoms with Gasteiger partial charge >= 0.3 is 0 Å². The number of likely N-dealkylation sites (N-methyl/N-ethyl adjacent to an activating group) is 1. The van der Waals surface area contributed by atoms with Crippen molar-refractivity contribution in [3.8, 4) is 0 Å². The highest BCUT2D eigenvalue weighted by Crippen LogP contribution is 2.14. The highest BCUT2D eigenvalue weighted by atomic mass is 16.5. The maximum atomic E-state index is 12.3. The quantitative estimate of drug-likeness (QED) is 0.763. The molecule has 2 rings (SSSR count). The molecule has 1 aromatic heterocycles. The summed E-state index contributed by atoms with van der Waals surface area (Å²) in [6.07, 6.45) is -0.608. The lowest BCUT2D eigenvalue weighted by Gasteiger charge is -2.31. The molecule has 0 saturated carbocycles. The molecule has 7 nitrogen and oxygen atoms in total. The molecule has 0 bridgehead atoms. The third-order valence-electron chi connectivity index (χ3n) is 3.35. The van der Waals surface area contributed by atoms with Crippen molar-refractivity contribution in [3.63, 3.8) is 0 Å². The number of morpholine rings is 1. The van der Waals surface area contributed by atoms with Crippen LogP contribution in [0.1, 0.15) is 21.7 Å². The molecule has 2 N–H and O–H groups in total. The molecule has 1 atom stereocenters. The fourth-order valence-electron chi connectivity index (χ4n) is 2.00. The predicted octanol–water partition coefficient (Wildman–Crippen LogP) is -0.386. The molecule has 0 aromatic carbocycles.